The predicted octanol–water partition coefficient (Wildman–Crippen LogP) is 3.93. The SMILES string of the molecule is Cc1cccn2c(CC(=O)N(Cc3ccsc3)CC(C)C)cnc12. The Hall–Kier alpha value is -2.14. The highest BCUT2D eigenvalue weighted by molar-refractivity contribution is 7.07. The van der Waals surface area contributed by atoms with E-state index >= 15 is 0 Å². The summed E-state index contributed by atoms with van der Waals surface area (Å²) in [4.78, 5) is 19.3. The quantitative estimate of drug-likeness (QED) is 0.681. The molecule has 0 radical (unpaired) electrons. The molecule has 3 aromatic heterocycles. The standard InChI is InChI=1S/C19H23N3OS/c1-14(2)11-21(12-16-6-8-24-13-16)18(23)9-17-10-20-19-15(3)5-4-7-22(17)19/h4-8,10,13-14H,9,11-12H2,1-3H3. The highest BCUT2D eigenvalue weighted by atomic mass is 32.1. The zero-order chi connectivity index (χ0) is 17.1. The van der Waals surface area contributed by atoms with Crippen molar-refractivity contribution in [1.29, 1.82) is 0 Å². The van der Waals surface area contributed by atoms with Crippen LogP contribution in [0, 0.1) is 12.8 Å². The van der Waals surface area contributed by atoms with Gasteiger partial charge < -0.3 is 9.30 Å². The van der Waals surface area contributed by atoms with Crippen molar-refractivity contribution >= 4 is 22.9 Å². The number of carbonyl (C=O) groups excluding carboxylic acids is 1. The van der Waals surface area contributed by atoms with Crippen molar-refractivity contribution in [3.05, 3.63) is 58.2 Å². The normalized spacial score (nSPS) is 11.3. The fourth-order valence-electron chi connectivity index (χ4n) is 2.90. The lowest BCUT2D eigenvalue weighted by Crippen LogP contribution is -2.35. The van der Waals surface area contributed by atoms with E-state index in [0.717, 1.165) is 23.4 Å². The summed E-state index contributed by atoms with van der Waals surface area (Å²) in [5.74, 6) is 0.593. The third kappa shape index (κ3) is 3.67. The molecule has 3 aromatic rings. The molecule has 3 rings (SSSR count). The maximum absolute atomic E-state index is 12.9. The van der Waals surface area contributed by atoms with Crippen molar-refractivity contribution in [1.82, 2.24) is 14.3 Å². The molecule has 0 N–H and O–H groups in total. The van der Waals surface area contributed by atoms with Crippen molar-refractivity contribution in [2.45, 2.75) is 33.7 Å². The Morgan fingerprint density at radius 1 is 1.38 bits per heavy atom. The minimum Gasteiger partial charge on any atom is -0.338 e. The van der Waals surface area contributed by atoms with E-state index in [0.29, 0.717) is 18.9 Å². The predicted molar refractivity (Wildman–Crippen MR) is 98.2 cm³/mol. The number of nitrogens with zero attached hydrogens (tertiary/aromatic N) is 3. The molecule has 126 valence electrons. The molecule has 0 atom stereocenters. The van der Waals surface area contributed by atoms with Gasteiger partial charge in [0.1, 0.15) is 5.65 Å². The molecule has 0 saturated heterocycles. The highest BCUT2D eigenvalue weighted by Gasteiger charge is 2.18. The molecule has 4 nitrogen and oxygen atoms in total. The first-order valence-corrected chi connectivity index (χ1v) is 9.19. The topological polar surface area (TPSA) is 37.6 Å². The second-order valence-electron chi connectivity index (χ2n) is 6.61. The van der Waals surface area contributed by atoms with Crippen LogP contribution < -0.4 is 0 Å². The van der Waals surface area contributed by atoms with Gasteiger partial charge in [0.15, 0.2) is 0 Å². The van der Waals surface area contributed by atoms with Gasteiger partial charge in [-0.15, -0.1) is 0 Å². The molecular formula is C19H23N3OS. The summed E-state index contributed by atoms with van der Waals surface area (Å²) in [6.45, 7) is 7.77. The van der Waals surface area contributed by atoms with Gasteiger partial charge in [0.05, 0.1) is 12.1 Å². The third-order valence-electron chi connectivity index (χ3n) is 4.03. The number of hydrogen-bond acceptors (Lipinski definition) is 3. The van der Waals surface area contributed by atoms with Gasteiger partial charge in [-0.2, -0.15) is 11.3 Å². The van der Waals surface area contributed by atoms with E-state index in [4.69, 9.17) is 0 Å². The van der Waals surface area contributed by atoms with Gasteiger partial charge in [0.25, 0.3) is 0 Å². The van der Waals surface area contributed by atoms with Crippen LogP contribution in [0.3, 0.4) is 0 Å². The maximum atomic E-state index is 12.9. The number of hydrogen-bond donors (Lipinski definition) is 0. The van der Waals surface area contributed by atoms with Gasteiger partial charge in [-0.25, -0.2) is 4.98 Å². The van der Waals surface area contributed by atoms with Gasteiger partial charge in [0, 0.05) is 25.5 Å². The summed E-state index contributed by atoms with van der Waals surface area (Å²) < 4.78 is 2.02. The molecule has 0 aliphatic heterocycles. The number of amides is 1. The minimum atomic E-state index is 0.151. The van der Waals surface area contributed by atoms with Crippen LogP contribution in [0.15, 0.2) is 41.4 Å². The smallest absolute Gasteiger partial charge is 0.228 e. The van der Waals surface area contributed by atoms with Crippen LogP contribution in [-0.2, 0) is 17.8 Å². The van der Waals surface area contributed by atoms with Crippen LogP contribution in [0.1, 0.15) is 30.7 Å². The van der Waals surface area contributed by atoms with Crippen molar-refractivity contribution in [3.8, 4) is 0 Å². The van der Waals surface area contributed by atoms with Crippen LogP contribution in [0.2, 0.25) is 0 Å². The number of carbonyl (C=O) groups is 1. The molecule has 0 unspecified atom stereocenters. The summed E-state index contributed by atoms with van der Waals surface area (Å²) in [6.07, 6.45) is 4.17. The van der Waals surface area contributed by atoms with Crippen molar-refractivity contribution in [2.75, 3.05) is 6.54 Å². The highest BCUT2D eigenvalue weighted by Crippen LogP contribution is 2.15. The van der Waals surface area contributed by atoms with Gasteiger partial charge >= 0.3 is 0 Å². The zero-order valence-electron chi connectivity index (χ0n) is 14.4. The average molecular weight is 341 g/mol. The summed E-state index contributed by atoms with van der Waals surface area (Å²) in [5, 5.41) is 4.17. The number of rotatable bonds is 6. The molecule has 0 aliphatic carbocycles. The van der Waals surface area contributed by atoms with E-state index in [1.165, 1.54) is 5.56 Å². The van der Waals surface area contributed by atoms with Crippen LogP contribution in [0.5, 0.6) is 0 Å². The van der Waals surface area contributed by atoms with E-state index in [9.17, 15) is 4.79 Å². The molecule has 0 aromatic carbocycles. The second kappa shape index (κ2) is 7.18. The number of aryl methyl sites for hydroxylation is 1. The Balaban J connectivity index is 1.80. The van der Waals surface area contributed by atoms with Gasteiger partial charge in [-0.1, -0.05) is 19.9 Å². The Labute approximate surface area is 146 Å². The van der Waals surface area contributed by atoms with Gasteiger partial charge in [-0.05, 0) is 46.9 Å². The molecule has 0 aliphatic rings. The number of fused-ring (bicyclic) bond motifs is 1. The molecule has 0 spiro atoms. The number of thiophene rings is 1. The average Bonchev–Trinajstić information content (AvgIpc) is 3.17. The maximum Gasteiger partial charge on any atom is 0.228 e. The molecule has 0 fully saturated rings. The first-order valence-electron chi connectivity index (χ1n) is 8.25. The Bertz CT molecular complexity index is 820. The third-order valence-corrected chi connectivity index (χ3v) is 4.76. The first kappa shape index (κ1) is 16.7. The largest absolute Gasteiger partial charge is 0.338 e. The van der Waals surface area contributed by atoms with E-state index < -0.39 is 0 Å². The first-order chi connectivity index (χ1) is 11.5. The van der Waals surface area contributed by atoms with Crippen LogP contribution in [0.25, 0.3) is 5.65 Å². The Morgan fingerprint density at radius 3 is 2.92 bits per heavy atom. The van der Waals surface area contributed by atoms with E-state index in [-0.39, 0.29) is 5.91 Å². The molecule has 0 bridgehead atoms. The molecule has 1 amide bonds. The molecule has 0 saturated carbocycles. The fraction of sp³-hybridized carbons (Fsp3) is 0.368. The minimum absolute atomic E-state index is 0.151. The summed E-state index contributed by atoms with van der Waals surface area (Å²) >= 11 is 1.67. The lowest BCUT2D eigenvalue weighted by molar-refractivity contribution is -0.131. The van der Waals surface area contributed by atoms with E-state index in [1.54, 1.807) is 11.3 Å². The summed E-state index contributed by atoms with van der Waals surface area (Å²) in [6, 6.07) is 6.12. The Kier molecular flexibility index (Phi) is 5.00. The molecule has 5 heteroatoms. The van der Waals surface area contributed by atoms with Crippen LogP contribution in [-0.4, -0.2) is 26.7 Å². The number of imidazole rings is 1. The molecular weight excluding hydrogens is 318 g/mol. The monoisotopic (exact) mass is 341 g/mol. The second-order valence-corrected chi connectivity index (χ2v) is 7.39. The zero-order valence-corrected chi connectivity index (χ0v) is 15.2. The lowest BCUT2D eigenvalue weighted by Gasteiger charge is -2.24. The summed E-state index contributed by atoms with van der Waals surface area (Å²) in [5.41, 5.74) is 4.18. The molecule has 24 heavy (non-hydrogen) atoms. The number of aromatic nitrogens is 2. The number of pyridine rings is 1. The molecule has 3 heterocycles. The lowest BCUT2D eigenvalue weighted by atomic mass is 10.1. The van der Waals surface area contributed by atoms with E-state index in [1.807, 2.05) is 40.8 Å². The fourth-order valence-corrected chi connectivity index (χ4v) is 3.56. The summed E-state index contributed by atoms with van der Waals surface area (Å²) in [7, 11) is 0. The van der Waals surface area contributed by atoms with Crippen molar-refractivity contribution < 1.29 is 4.79 Å². The van der Waals surface area contributed by atoms with Crippen LogP contribution >= 0.6 is 11.3 Å². The Morgan fingerprint density at radius 2 is 2.21 bits per heavy atom. The van der Waals surface area contributed by atoms with Crippen molar-refractivity contribution in [2.24, 2.45) is 5.92 Å². The van der Waals surface area contributed by atoms with Gasteiger partial charge in [-0.3, -0.25) is 4.79 Å². The van der Waals surface area contributed by atoms with E-state index in [2.05, 4.69) is 35.7 Å². The van der Waals surface area contributed by atoms with Gasteiger partial charge in [0.2, 0.25) is 5.91 Å². The van der Waals surface area contributed by atoms with Crippen LogP contribution in [0.4, 0.5) is 0 Å². The van der Waals surface area contributed by atoms with Crippen molar-refractivity contribution in [3.63, 3.8) is 0 Å².